The van der Waals surface area contributed by atoms with Gasteiger partial charge < -0.3 is 10.3 Å². The fourth-order valence-electron chi connectivity index (χ4n) is 3.71. The summed E-state index contributed by atoms with van der Waals surface area (Å²) in [5, 5.41) is 11.0. The van der Waals surface area contributed by atoms with Crippen LogP contribution in [0.1, 0.15) is 20.3 Å². The monoisotopic (exact) mass is 436 g/mol. The fourth-order valence-corrected chi connectivity index (χ4v) is 3.71. The van der Waals surface area contributed by atoms with Gasteiger partial charge in [-0.2, -0.15) is 5.10 Å². The summed E-state index contributed by atoms with van der Waals surface area (Å²) in [6.07, 6.45) is 5.52. The molecule has 0 saturated carbocycles. The second-order valence-corrected chi connectivity index (χ2v) is 8.17. The number of anilines is 1. The van der Waals surface area contributed by atoms with Gasteiger partial charge in [-0.15, -0.1) is 0 Å². The molecule has 0 radical (unpaired) electrons. The highest BCUT2D eigenvalue weighted by Crippen LogP contribution is 2.31. The van der Waals surface area contributed by atoms with Crippen LogP contribution in [0.2, 0.25) is 0 Å². The van der Waals surface area contributed by atoms with Crippen LogP contribution < -0.4 is 5.32 Å². The van der Waals surface area contributed by atoms with Gasteiger partial charge in [0.15, 0.2) is 11.5 Å². The Morgan fingerprint density at radius 3 is 2.85 bits per heavy atom. The lowest BCUT2D eigenvalue weighted by atomic mass is 10.1. The number of H-pyrrole nitrogens is 2. The Labute approximate surface area is 189 Å². The van der Waals surface area contributed by atoms with Crippen LogP contribution >= 0.6 is 0 Å². The van der Waals surface area contributed by atoms with Crippen LogP contribution in [0.15, 0.2) is 48.9 Å². The fraction of sp³-hybridized carbons (Fsp3) is 0.167. The minimum atomic E-state index is -0.0432. The first-order valence-corrected chi connectivity index (χ1v) is 10.5. The highest BCUT2D eigenvalue weighted by molar-refractivity contribution is 5.96. The molecule has 4 aromatic heterocycles. The van der Waals surface area contributed by atoms with Gasteiger partial charge in [-0.1, -0.05) is 26.0 Å². The maximum Gasteiger partial charge on any atom is 0.224 e. The van der Waals surface area contributed by atoms with E-state index in [9.17, 15) is 4.79 Å². The molecule has 4 heterocycles. The summed E-state index contributed by atoms with van der Waals surface area (Å²) in [4.78, 5) is 32.3. The van der Waals surface area contributed by atoms with Crippen LogP contribution in [-0.4, -0.2) is 36.0 Å². The standard InChI is InChI=1S/C24H20N8O/c1-13(2)7-20(33)28-16-8-14(10-26-12-16)15-9-17-21(31-32-23(17)27-11-15)24-29-19-6-4-5-18(25-3)22(19)30-24/h4-6,8-13H,7H2,1-2H3,(H,28,33)(H,29,30)(H,27,31,32). The number of imidazole rings is 1. The van der Waals surface area contributed by atoms with Crippen molar-refractivity contribution in [1.29, 1.82) is 0 Å². The van der Waals surface area contributed by atoms with Crippen molar-refractivity contribution in [2.45, 2.75) is 20.3 Å². The van der Waals surface area contributed by atoms with Crippen molar-refractivity contribution in [3.05, 3.63) is 60.3 Å². The average molecular weight is 436 g/mol. The van der Waals surface area contributed by atoms with Crippen molar-refractivity contribution in [3.63, 3.8) is 0 Å². The Morgan fingerprint density at radius 1 is 1.18 bits per heavy atom. The van der Waals surface area contributed by atoms with Gasteiger partial charge in [-0.25, -0.2) is 14.8 Å². The first kappa shape index (κ1) is 20.3. The van der Waals surface area contributed by atoms with Crippen molar-refractivity contribution in [2.75, 3.05) is 5.32 Å². The summed E-state index contributed by atoms with van der Waals surface area (Å²) in [5.41, 5.74) is 5.39. The minimum absolute atomic E-state index is 0.0432. The highest BCUT2D eigenvalue weighted by atomic mass is 16.1. The van der Waals surface area contributed by atoms with Crippen LogP contribution in [0, 0.1) is 12.5 Å². The lowest BCUT2D eigenvalue weighted by molar-refractivity contribution is -0.116. The van der Waals surface area contributed by atoms with Crippen LogP contribution in [0.5, 0.6) is 0 Å². The highest BCUT2D eigenvalue weighted by Gasteiger charge is 2.16. The van der Waals surface area contributed by atoms with E-state index in [-0.39, 0.29) is 11.8 Å². The van der Waals surface area contributed by atoms with E-state index in [0.717, 1.165) is 22.0 Å². The average Bonchev–Trinajstić information content (AvgIpc) is 3.41. The Bertz CT molecular complexity index is 1540. The lowest BCUT2D eigenvalue weighted by Gasteiger charge is -2.08. The maximum atomic E-state index is 12.1. The quantitative estimate of drug-likeness (QED) is 0.332. The first-order chi connectivity index (χ1) is 16.0. The molecule has 0 bridgehead atoms. The molecule has 0 fully saturated rings. The molecule has 162 valence electrons. The Balaban J connectivity index is 1.53. The van der Waals surface area contributed by atoms with Crippen molar-refractivity contribution >= 4 is 39.3 Å². The normalized spacial score (nSPS) is 11.2. The third-order valence-corrected chi connectivity index (χ3v) is 5.21. The molecule has 9 heteroatoms. The van der Waals surface area contributed by atoms with E-state index in [2.05, 4.69) is 40.3 Å². The SMILES string of the molecule is [C-]#[N+]c1cccc2[nH]c(-c3[nH]nc4ncc(-c5cncc(NC(=O)CC(C)C)c5)cc34)nc12. The number of fused-ring (bicyclic) bond motifs is 2. The summed E-state index contributed by atoms with van der Waals surface area (Å²) in [5.74, 6) is 0.810. The summed E-state index contributed by atoms with van der Waals surface area (Å²) in [6, 6.07) is 9.28. The third kappa shape index (κ3) is 3.90. The number of rotatable bonds is 5. The number of aromatic nitrogens is 6. The molecule has 33 heavy (non-hydrogen) atoms. The predicted molar refractivity (Wildman–Crippen MR) is 127 cm³/mol. The topological polar surface area (TPSA) is 117 Å². The van der Waals surface area contributed by atoms with Crippen LogP contribution in [0.25, 0.3) is 49.6 Å². The molecule has 0 atom stereocenters. The molecular weight excluding hydrogens is 416 g/mol. The van der Waals surface area contributed by atoms with E-state index in [1.54, 1.807) is 24.7 Å². The van der Waals surface area contributed by atoms with Gasteiger partial charge in [-0.05, 0) is 24.1 Å². The van der Waals surface area contributed by atoms with Gasteiger partial charge in [-0.3, -0.25) is 14.9 Å². The van der Waals surface area contributed by atoms with Gasteiger partial charge >= 0.3 is 0 Å². The molecule has 0 aliphatic carbocycles. The van der Waals surface area contributed by atoms with E-state index in [0.29, 0.717) is 40.5 Å². The third-order valence-electron chi connectivity index (χ3n) is 5.21. The molecule has 1 amide bonds. The van der Waals surface area contributed by atoms with E-state index >= 15 is 0 Å². The Kier molecular flexibility index (Phi) is 5.03. The number of benzene rings is 1. The predicted octanol–water partition coefficient (Wildman–Crippen LogP) is 5.10. The van der Waals surface area contributed by atoms with Gasteiger partial charge in [0.2, 0.25) is 11.6 Å². The number of pyridine rings is 2. The van der Waals surface area contributed by atoms with Crippen LogP contribution in [0.3, 0.4) is 0 Å². The molecule has 5 aromatic rings. The molecule has 5 rings (SSSR count). The van der Waals surface area contributed by atoms with Gasteiger partial charge in [0.1, 0.15) is 5.69 Å². The largest absolute Gasteiger partial charge is 0.338 e. The van der Waals surface area contributed by atoms with E-state index < -0.39 is 0 Å². The number of para-hydroxylation sites is 1. The number of hydrogen-bond acceptors (Lipinski definition) is 5. The Morgan fingerprint density at radius 2 is 2.03 bits per heavy atom. The number of carbonyl (C=O) groups excluding carboxylic acids is 1. The van der Waals surface area contributed by atoms with Crippen molar-refractivity contribution in [1.82, 2.24) is 30.1 Å². The number of carbonyl (C=O) groups is 1. The number of amides is 1. The molecule has 1 aromatic carbocycles. The summed E-state index contributed by atoms with van der Waals surface area (Å²) in [6.45, 7) is 11.4. The zero-order valence-corrected chi connectivity index (χ0v) is 18.0. The zero-order chi connectivity index (χ0) is 22.9. The summed E-state index contributed by atoms with van der Waals surface area (Å²) in [7, 11) is 0. The zero-order valence-electron chi connectivity index (χ0n) is 18.0. The minimum Gasteiger partial charge on any atom is -0.338 e. The molecule has 0 unspecified atom stereocenters. The maximum absolute atomic E-state index is 12.1. The number of hydrogen-bond donors (Lipinski definition) is 3. The summed E-state index contributed by atoms with van der Waals surface area (Å²) >= 11 is 0. The molecule has 0 aliphatic rings. The summed E-state index contributed by atoms with van der Waals surface area (Å²) < 4.78 is 0. The van der Waals surface area contributed by atoms with Crippen LogP contribution in [0.4, 0.5) is 11.4 Å². The molecule has 9 nitrogen and oxygen atoms in total. The number of aromatic amines is 2. The van der Waals surface area contributed by atoms with Gasteiger partial charge in [0.25, 0.3) is 0 Å². The van der Waals surface area contributed by atoms with Gasteiger partial charge in [0, 0.05) is 29.9 Å². The first-order valence-electron chi connectivity index (χ1n) is 10.5. The molecular formula is C24H20N8O. The van der Waals surface area contributed by atoms with E-state index in [1.807, 2.05) is 38.1 Å². The second kappa shape index (κ2) is 8.16. The van der Waals surface area contributed by atoms with Crippen molar-refractivity contribution in [2.24, 2.45) is 5.92 Å². The molecule has 3 N–H and O–H groups in total. The molecule has 0 aliphatic heterocycles. The number of nitrogens with one attached hydrogen (secondary N) is 3. The van der Waals surface area contributed by atoms with Gasteiger partial charge in [0.05, 0.1) is 34.9 Å². The lowest BCUT2D eigenvalue weighted by Crippen LogP contribution is -2.13. The van der Waals surface area contributed by atoms with Crippen LogP contribution in [-0.2, 0) is 4.79 Å². The second-order valence-electron chi connectivity index (χ2n) is 8.17. The van der Waals surface area contributed by atoms with E-state index in [1.165, 1.54) is 0 Å². The molecule has 0 saturated heterocycles. The smallest absolute Gasteiger partial charge is 0.224 e. The van der Waals surface area contributed by atoms with Crippen molar-refractivity contribution < 1.29 is 4.79 Å². The molecule has 0 spiro atoms. The van der Waals surface area contributed by atoms with Crippen molar-refractivity contribution in [3.8, 4) is 22.6 Å². The van der Waals surface area contributed by atoms with E-state index in [4.69, 9.17) is 6.57 Å². The Hall–Kier alpha value is -4.58. The number of nitrogens with zero attached hydrogens (tertiary/aromatic N) is 5.